The van der Waals surface area contributed by atoms with Gasteiger partial charge >= 0.3 is 5.69 Å². The van der Waals surface area contributed by atoms with Crippen LogP contribution in [-0.2, 0) is 13.5 Å². The van der Waals surface area contributed by atoms with E-state index < -0.39 is 22.3 Å². The number of carboxylic acids is 1. The van der Waals surface area contributed by atoms with Crippen LogP contribution in [0.4, 0.5) is 5.69 Å². The third kappa shape index (κ3) is 2.18. The molecule has 7 nitrogen and oxygen atoms in total. The van der Waals surface area contributed by atoms with E-state index in [4.69, 9.17) is 0 Å². The van der Waals surface area contributed by atoms with Crippen LogP contribution in [0.15, 0.2) is 0 Å². The number of aromatic nitrogens is 2. The minimum atomic E-state index is -1.59. The molecule has 0 fully saturated rings. The zero-order valence-electron chi connectivity index (χ0n) is 9.26. The second kappa shape index (κ2) is 4.30. The van der Waals surface area contributed by atoms with Gasteiger partial charge in [0.15, 0.2) is 5.69 Å². The summed E-state index contributed by atoms with van der Waals surface area (Å²) < 4.78 is 0.977. The third-order valence-electron chi connectivity index (χ3n) is 2.07. The van der Waals surface area contributed by atoms with E-state index in [0.29, 0.717) is 6.42 Å². The molecule has 16 heavy (non-hydrogen) atoms. The fourth-order valence-electron chi connectivity index (χ4n) is 1.51. The topological polar surface area (TPSA) is 101 Å². The predicted molar refractivity (Wildman–Crippen MR) is 52.7 cm³/mol. The molecule has 0 saturated heterocycles. The smallest absolute Gasteiger partial charge is 0.319 e. The van der Waals surface area contributed by atoms with E-state index in [2.05, 4.69) is 5.10 Å². The van der Waals surface area contributed by atoms with Crippen molar-refractivity contribution in [3.05, 3.63) is 21.5 Å². The van der Waals surface area contributed by atoms with Crippen molar-refractivity contribution in [3.8, 4) is 0 Å². The Hall–Kier alpha value is -1.92. The summed E-state index contributed by atoms with van der Waals surface area (Å²) >= 11 is 0. The Morgan fingerprint density at radius 2 is 2.12 bits per heavy atom. The molecule has 7 heteroatoms. The summed E-state index contributed by atoms with van der Waals surface area (Å²) in [6.45, 7) is 3.74. The Kier molecular flexibility index (Phi) is 3.26. The summed E-state index contributed by atoms with van der Waals surface area (Å²) in [6.07, 6.45) is 0.359. The Morgan fingerprint density at radius 3 is 2.50 bits per heavy atom. The number of aromatic carboxylic acids is 1. The molecular formula is C9H12N3O4-. The average Bonchev–Trinajstić information content (AvgIpc) is 2.40. The number of nitro groups is 1. The van der Waals surface area contributed by atoms with Gasteiger partial charge in [0.2, 0.25) is 0 Å². The van der Waals surface area contributed by atoms with Crippen molar-refractivity contribution in [1.82, 2.24) is 9.78 Å². The number of aryl methyl sites for hydroxylation is 1. The highest BCUT2D eigenvalue weighted by Crippen LogP contribution is 2.24. The number of nitrogens with zero attached hydrogens (tertiary/aromatic N) is 3. The lowest BCUT2D eigenvalue weighted by Crippen LogP contribution is -2.26. The Bertz CT molecular complexity index is 436. The predicted octanol–water partition coefficient (Wildman–Crippen LogP) is -0.110. The van der Waals surface area contributed by atoms with E-state index in [9.17, 15) is 20.0 Å². The largest absolute Gasteiger partial charge is 0.543 e. The molecule has 0 radical (unpaired) electrons. The number of hydrogen-bond acceptors (Lipinski definition) is 5. The summed E-state index contributed by atoms with van der Waals surface area (Å²) in [5.41, 5.74) is -0.765. The number of carboxylic acid groups (broad SMARTS) is 1. The van der Waals surface area contributed by atoms with Gasteiger partial charge in [-0.3, -0.25) is 14.8 Å². The molecule has 0 aliphatic rings. The average molecular weight is 226 g/mol. The molecule has 0 unspecified atom stereocenters. The first-order valence-corrected chi connectivity index (χ1v) is 4.76. The van der Waals surface area contributed by atoms with Gasteiger partial charge < -0.3 is 9.90 Å². The molecule has 0 amide bonds. The quantitative estimate of drug-likeness (QED) is 0.526. The molecule has 1 aromatic rings. The van der Waals surface area contributed by atoms with E-state index >= 15 is 0 Å². The minimum Gasteiger partial charge on any atom is -0.543 e. The summed E-state index contributed by atoms with van der Waals surface area (Å²) in [4.78, 5) is 20.8. The number of rotatable bonds is 4. The maximum atomic E-state index is 10.8. The van der Waals surface area contributed by atoms with Crippen molar-refractivity contribution >= 4 is 11.7 Å². The van der Waals surface area contributed by atoms with Gasteiger partial charge in [0.05, 0.1) is 10.9 Å². The van der Waals surface area contributed by atoms with E-state index in [0.717, 1.165) is 4.68 Å². The van der Waals surface area contributed by atoms with Crippen molar-refractivity contribution in [2.75, 3.05) is 0 Å². The molecule has 1 rings (SSSR count). The molecule has 0 N–H and O–H groups in total. The first kappa shape index (κ1) is 12.2. The summed E-state index contributed by atoms with van der Waals surface area (Å²) in [5, 5.41) is 25.4. The molecule has 1 aromatic heterocycles. The van der Waals surface area contributed by atoms with Crippen LogP contribution < -0.4 is 5.11 Å². The molecule has 0 aliphatic heterocycles. The van der Waals surface area contributed by atoms with Gasteiger partial charge in [0, 0.05) is 13.5 Å². The van der Waals surface area contributed by atoms with Crippen molar-refractivity contribution in [2.24, 2.45) is 13.0 Å². The summed E-state index contributed by atoms with van der Waals surface area (Å²) in [7, 11) is 1.35. The van der Waals surface area contributed by atoms with Gasteiger partial charge in [-0.15, -0.1) is 0 Å². The van der Waals surface area contributed by atoms with Crippen molar-refractivity contribution in [2.45, 2.75) is 20.3 Å². The van der Waals surface area contributed by atoms with Crippen LogP contribution in [0.25, 0.3) is 0 Å². The maximum absolute atomic E-state index is 10.8. The van der Waals surface area contributed by atoms with E-state index in [1.165, 1.54) is 7.05 Å². The molecule has 0 atom stereocenters. The van der Waals surface area contributed by atoms with Crippen molar-refractivity contribution < 1.29 is 14.8 Å². The van der Waals surface area contributed by atoms with Crippen molar-refractivity contribution in [3.63, 3.8) is 0 Å². The van der Waals surface area contributed by atoms with E-state index in [-0.39, 0.29) is 11.6 Å². The highest BCUT2D eigenvalue weighted by atomic mass is 16.6. The number of hydrogen-bond donors (Lipinski definition) is 0. The van der Waals surface area contributed by atoms with Crippen LogP contribution in [0.5, 0.6) is 0 Å². The SMILES string of the molecule is CC(C)Cc1nn(C)c(C(=O)[O-])c1[N+](=O)[O-]. The lowest BCUT2D eigenvalue weighted by Gasteiger charge is -2.01. The van der Waals surface area contributed by atoms with Crippen molar-refractivity contribution in [1.29, 1.82) is 0 Å². The summed E-state index contributed by atoms with van der Waals surface area (Å²) in [6, 6.07) is 0. The Morgan fingerprint density at radius 1 is 1.56 bits per heavy atom. The zero-order chi connectivity index (χ0) is 12.5. The van der Waals surface area contributed by atoms with Crippen LogP contribution in [0.3, 0.4) is 0 Å². The first-order valence-electron chi connectivity index (χ1n) is 4.76. The molecular weight excluding hydrogens is 214 g/mol. The highest BCUT2D eigenvalue weighted by molar-refractivity contribution is 5.89. The fourth-order valence-corrected chi connectivity index (χ4v) is 1.51. The van der Waals surface area contributed by atoms with Gasteiger partial charge in [-0.1, -0.05) is 13.8 Å². The minimum absolute atomic E-state index is 0.156. The lowest BCUT2D eigenvalue weighted by molar-refractivity contribution is -0.386. The monoisotopic (exact) mass is 226 g/mol. The van der Waals surface area contributed by atoms with Gasteiger partial charge in [-0.05, 0) is 5.92 Å². The molecule has 1 heterocycles. The summed E-state index contributed by atoms with van der Waals surface area (Å²) in [5.74, 6) is -1.43. The van der Waals surface area contributed by atoms with Crippen LogP contribution in [0.1, 0.15) is 30.0 Å². The zero-order valence-corrected chi connectivity index (χ0v) is 9.26. The van der Waals surface area contributed by atoms with Crippen LogP contribution in [-0.4, -0.2) is 20.7 Å². The number of carbonyl (C=O) groups is 1. The third-order valence-corrected chi connectivity index (χ3v) is 2.07. The fraction of sp³-hybridized carbons (Fsp3) is 0.556. The van der Waals surface area contributed by atoms with Crippen LogP contribution >= 0.6 is 0 Å². The van der Waals surface area contributed by atoms with Crippen LogP contribution in [0, 0.1) is 16.0 Å². The Labute approximate surface area is 91.8 Å². The first-order chi connectivity index (χ1) is 7.34. The molecule has 0 saturated carbocycles. The highest BCUT2D eigenvalue weighted by Gasteiger charge is 2.27. The second-order valence-electron chi connectivity index (χ2n) is 3.91. The molecule has 88 valence electrons. The lowest BCUT2D eigenvalue weighted by atomic mass is 10.1. The van der Waals surface area contributed by atoms with Gasteiger partial charge in [-0.25, -0.2) is 0 Å². The normalized spacial score (nSPS) is 10.8. The van der Waals surface area contributed by atoms with E-state index in [1.54, 1.807) is 0 Å². The maximum Gasteiger partial charge on any atom is 0.319 e. The Balaban J connectivity index is 3.35. The van der Waals surface area contributed by atoms with Gasteiger partial charge in [0.1, 0.15) is 5.69 Å². The van der Waals surface area contributed by atoms with Gasteiger partial charge in [0.25, 0.3) is 0 Å². The molecule has 0 spiro atoms. The molecule has 0 aliphatic carbocycles. The van der Waals surface area contributed by atoms with Crippen LogP contribution in [0.2, 0.25) is 0 Å². The van der Waals surface area contributed by atoms with E-state index in [1.807, 2.05) is 13.8 Å². The standard InChI is InChI=1S/C9H13N3O4/c1-5(2)4-6-7(12(15)16)8(9(13)14)11(3)10-6/h5H,4H2,1-3H3,(H,13,14)/p-1. The van der Waals surface area contributed by atoms with Gasteiger partial charge in [-0.2, -0.15) is 5.10 Å². The number of carbonyl (C=O) groups excluding carboxylic acids is 1. The molecule has 0 aromatic carbocycles. The molecule has 0 bridgehead atoms. The second-order valence-corrected chi connectivity index (χ2v) is 3.91.